The van der Waals surface area contributed by atoms with Crippen LogP contribution in [0.25, 0.3) is 0 Å². The van der Waals surface area contributed by atoms with Gasteiger partial charge in [-0.2, -0.15) is 0 Å². The SMILES string of the molecule is Cc1csc(Nc2ccc3c(c2)NCCC3)n1. The Morgan fingerprint density at radius 2 is 2.35 bits per heavy atom. The van der Waals surface area contributed by atoms with E-state index in [1.54, 1.807) is 11.3 Å². The van der Waals surface area contributed by atoms with Gasteiger partial charge >= 0.3 is 0 Å². The maximum atomic E-state index is 4.41. The van der Waals surface area contributed by atoms with Gasteiger partial charge in [0.2, 0.25) is 0 Å². The van der Waals surface area contributed by atoms with E-state index < -0.39 is 0 Å². The highest BCUT2D eigenvalue weighted by Gasteiger charge is 2.09. The lowest BCUT2D eigenvalue weighted by molar-refractivity contribution is 0.830. The van der Waals surface area contributed by atoms with Crippen molar-refractivity contribution in [1.82, 2.24) is 4.98 Å². The summed E-state index contributed by atoms with van der Waals surface area (Å²) < 4.78 is 0. The van der Waals surface area contributed by atoms with Gasteiger partial charge in [0.05, 0.1) is 5.69 Å². The highest BCUT2D eigenvalue weighted by Crippen LogP contribution is 2.28. The molecule has 2 aromatic rings. The second kappa shape index (κ2) is 4.37. The van der Waals surface area contributed by atoms with Crippen LogP contribution in [-0.2, 0) is 6.42 Å². The predicted octanol–water partition coefficient (Wildman–Crippen LogP) is 3.55. The molecule has 4 heteroatoms. The number of thiazole rings is 1. The number of anilines is 3. The summed E-state index contributed by atoms with van der Waals surface area (Å²) in [6.07, 6.45) is 2.41. The molecule has 3 rings (SSSR count). The van der Waals surface area contributed by atoms with Gasteiger partial charge in [-0.05, 0) is 37.5 Å². The molecule has 0 bridgehead atoms. The Labute approximate surface area is 105 Å². The third-order valence-corrected chi connectivity index (χ3v) is 3.79. The topological polar surface area (TPSA) is 37.0 Å². The van der Waals surface area contributed by atoms with E-state index in [-0.39, 0.29) is 0 Å². The molecule has 2 N–H and O–H groups in total. The van der Waals surface area contributed by atoms with Crippen molar-refractivity contribution in [3.63, 3.8) is 0 Å². The minimum absolute atomic E-state index is 0.957. The average molecular weight is 245 g/mol. The maximum Gasteiger partial charge on any atom is 0.187 e. The number of hydrogen-bond donors (Lipinski definition) is 2. The van der Waals surface area contributed by atoms with Crippen molar-refractivity contribution < 1.29 is 0 Å². The monoisotopic (exact) mass is 245 g/mol. The summed E-state index contributed by atoms with van der Waals surface area (Å²) in [6, 6.07) is 6.50. The smallest absolute Gasteiger partial charge is 0.187 e. The molecule has 1 aromatic heterocycles. The number of hydrogen-bond acceptors (Lipinski definition) is 4. The molecule has 0 aliphatic carbocycles. The van der Waals surface area contributed by atoms with Gasteiger partial charge in [-0.3, -0.25) is 0 Å². The number of benzene rings is 1. The molecule has 0 fully saturated rings. The molecule has 0 amide bonds. The van der Waals surface area contributed by atoms with Crippen LogP contribution in [0.2, 0.25) is 0 Å². The Kier molecular flexibility index (Phi) is 2.73. The lowest BCUT2D eigenvalue weighted by Gasteiger charge is -2.18. The number of rotatable bonds is 2. The van der Waals surface area contributed by atoms with Gasteiger partial charge in [0.15, 0.2) is 5.13 Å². The van der Waals surface area contributed by atoms with Gasteiger partial charge in [0, 0.05) is 23.3 Å². The van der Waals surface area contributed by atoms with E-state index in [4.69, 9.17) is 0 Å². The first-order valence-electron chi connectivity index (χ1n) is 5.87. The number of nitrogens with zero attached hydrogens (tertiary/aromatic N) is 1. The minimum Gasteiger partial charge on any atom is -0.385 e. The lowest BCUT2D eigenvalue weighted by atomic mass is 10.0. The zero-order valence-corrected chi connectivity index (χ0v) is 10.6. The van der Waals surface area contributed by atoms with Crippen molar-refractivity contribution in [2.75, 3.05) is 17.2 Å². The summed E-state index contributed by atoms with van der Waals surface area (Å²) in [6.45, 7) is 3.09. The molecule has 88 valence electrons. The fourth-order valence-corrected chi connectivity index (χ4v) is 2.78. The summed E-state index contributed by atoms with van der Waals surface area (Å²) in [5.74, 6) is 0. The predicted molar refractivity (Wildman–Crippen MR) is 73.4 cm³/mol. The van der Waals surface area contributed by atoms with Crippen molar-refractivity contribution in [2.45, 2.75) is 19.8 Å². The first-order chi connectivity index (χ1) is 8.31. The zero-order chi connectivity index (χ0) is 11.7. The van der Waals surface area contributed by atoms with E-state index in [2.05, 4.69) is 39.2 Å². The second-order valence-corrected chi connectivity index (χ2v) is 5.18. The van der Waals surface area contributed by atoms with Crippen LogP contribution in [0.1, 0.15) is 17.7 Å². The van der Waals surface area contributed by atoms with Crippen molar-refractivity contribution in [2.24, 2.45) is 0 Å². The molecule has 17 heavy (non-hydrogen) atoms. The van der Waals surface area contributed by atoms with Gasteiger partial charge in [0.25, 0.3) is 0 Å². The summed E-state index contributed by atoms with van der Waals surface area (Å²) in [5.41, 5.74) is 4.84. The highest BCUT2D eigenvalue weighted by atomic mass is 32.1. The first kappa shape index (κ1) is 10.6. The molecule has 0 unspecified atom stereocenters. The van der Waals surface area contributed by atoms with Crippen molar-refractivity contribution >= 4 is 27.8 Å². The molecule has 0 spiro atoms. The standard InChI is InChI=1S/C13H15N3S/c1-9-8-17-13(15-9)16-11-5-4-10-3-2-6-14-12(10)7-11/h4-5,7-8,14H,2-3,6H2,1H3,(H,15,16). The summed E-state index contributed by atoms with van der Waals surface area (Å²) in [7, 11) is 0. The molecule has 0 radical (unpaired) electrons. The maximum absolute atomic E-state index is 4.41. The molecule has 0 saturated heterocycles. The van der Waals surface area contributed by atoms with E-state index in [9.17, 15) is 0 Å². The van der Waals surface area contributed by atoms with Crippen LogP contribution in [0.3, 0.4) is 0 Å². The first-order valence-corrected chi connectivity index (χ1v) is 6.75. The van der Waals surface area contributed by atoms with E-state index in [0.29, 0.717) is 0 Å². The van der Waals surface area contributed by atoms with Crippen LogP contribution in [0.5, 0.6) is 0 Å². The lowest BCUT2D eigenvalue weighted by Crippen LogP contribution is -2.11. The fraction of sp³-hybridized carbons (Fsp3) is 0.308. The molecule has 2 heterocycles. The van der Waals surface area contributed by atoms with Gasteiger partial charge < -0.3 is 10.6 Å². The highest BCUT2D eigenvalue weighted by molar-refractivity contribution is 7.13. The minimum atomic E-state index is 0.957. The third kappa shape index (κ3) is 2.26. The zero-order valence-electron chi connectivity index (χ0n) is 9.79. The molecule has 1 aliphatic rings. The van der Waals surface area contributed by atoms with E-state index in [0.717, 1.165) is 23.1 Å². The summed E-state index contributed by atoms with van der Waals surface area (Å²) in [5, 5.41) is 9.79. The van der Waals surface area contributed by atoms with E-state index in [1.165, 1.54) is 24.1 Å². The van der Waals surface area contributed by atoms with E-state index in [1.807, 2.05) is 6.92 Å². The largest absolute Gasteiger partial charge is 0.385 e. The number of aryl methyl sites for hydroxylation is 2. The quantitative estimate of drug-likeness (QED) is 0.849. The molecule has 3 nitrogen and oxygen atoms in total. The molecular formula is C13H15N3S. The van der Waals surface area contributed by atoms with E-state index >= 15 is 0 Å². The normalized spacial score (nSPS) is 13.9. The Bertz CT molecular complexity index is 533. The van der Waals surface area contributed by atoms with Gasteiger partial charge in [-0.1, -0.05) is 6.07 Å². The van der Waals surface area contributed by atoms with Gasteiger partial charge in [-0.15, -0.1) is 11.3 Å². The molecule has 1 aromatic carbocycles. The van der Waals surface area contributed by atoms with Crippen molar-refractivity contribution in [3.05, 3.63) is 34.8 Å². The fourth-order valence-electron chi connectivity index (χ4n) is 2.07. The Morgan fingerprint density at radius 1 is 1.41 bits per heavy atom. The number of fused-ring (bicyclic) bond motifs is 1. The van der Waals surface area contributed by atoms with Crippen LogP contribution in [0.15, 0.2) is 23.6 Å². The second-order valence-electron chi connectivity index (χ2n) is 4.32. The van der Waals surface area contributed by atoms with Crippen LogP contribution >= 0.6 is 11.3 Å². The Hall–Kier alpha value is -1.55. The van der Waals surface area contributed by atoms with Gasteiger partial charge in [-0.25, -0.2) is 4.98 Å². The average Bonchev–Trinajstić information content (AvgIpc) is 2.75. The molecule has 0 saturated carbocycles. The van der Waals surface area contributed by atoms with Crippen molar-refractivity contribution in [3.8, 4) is 0 Å². The molecule has 1 aliphatic heterocycles. The Balaban J connectivity index is 1.84. The van der Waals surface area contributed by atoms with Crippen LogP contribution in [-0.4, -0.2) is 11.5 Å². The van der Waals surface area contributed by atoms with Crippen LogP contribution in [0, 0.1) is 6.92 Å². The Morgan fingerprint density at radius 3 is 3.18 bits per heavy atom. The van der Waals surface area contributed by atoms with Crippen molar-refractivity contribution in [1.29, 1.82) is 0 Å². The molecule has 0 atom stereocenters. The number of aromatic nitrogens is 1. The van der Waals surface area contributed by atoms with Crippen LogP contribution in [0.4, 0.5) is 16.5 Å². The summed E-state index contributed by atoms with van der Waals surface area (Å²) in [4.78, 5) is 4.41. The summed E-state index contributed by atoms with van der Waals surface area (Å²) >= 11 is 1.64. The third-order valence-electron chi connectivity index (χ3n) is 2.92. The van der Waals surface area contributed by atoms with Crippen LogP contribution < -0.4 is 10.6 Å². The molecular weight excluding hydrogens is 230 g/mol. The number of nitrogens with one attached hydrogen (secondary N) is 2. The van der Waals surface area contributed by atoms with Gasteiger partial charge in [0.1, 0.15) is 0 Å².